The maximum Gasteiger partial charge on any atom is 0.269 e. The van der Waals surface area contributed by atoms with E-state index in [9.17, 15) is 10.1 Å². The molecule has 9 rings (SSSR count). The fourth-order valence-corrected chi connectivity index (χ4v) is 7.44. The van der Waals surface area contributed by atoms with Gasteiger partial charge in [0.15, 0.2) is 0 Å². The Balaban J connectivity index is 1.23. The van der Waals surface area contributed by atoms with Crippen LogP contribution in [0.25, 0.3) is 65.3 Å². The lowest BCUT2D eigenvalue weighted by atomic mass is 9.85. The van der Waals surface area contributed by atoms with E-state index in [4.69, 9.17) is 0 Å². The number of hydrogen-bond acceptors (Lipinski definition) is 3. The number of nitrogens with zero attached hydrogens (tertiary/aromatic N) is 2. The molecule has 0 aliphatic heterocycles. The predicted molar refractivity (Wildman–Crippen MR) is 209 cm³/mol. The normalized spacial score (nSPS) is 11.4. The molecule has 0 N–H and O–H groups in total. The van der Waals surface area contributed by atoms with Crippen molar-refractivity contribution in [1.29, 1.82) is 0 Å². The summed E-state index contributed by atoms with van der Waals surface area (Å²) in [7, 11) is 0. The van der Waals surface area contributed by atoms with Crippen LogP contribution in [0.2, 0.25) is 0 Å². The molecule has 9 aromatic carbocycles. The van der Waals surface area contributed by atoms with Crippen molar-refractivity contribution in [3.63, 3.8) is 0 Å². The topological polar surface area (TPSA) is 46.4 Å². The average Bonchev–Trinajstić information content (AvgIpc) is 3.17. The van der Waals surface area contributed by atoms with Gasteiger partial charge in [-0.05, 0) is 102 Å². The van der Waals surface area contributed by atoms with Crippen molar-refractivity contribution in [2.45, 2.75) is 0 Å². The lowest BCUT2D eigenvalue weighted by molar-refractivity contribution is -0.384. The summed E-state index contributed by atoms with van der Waals surface area (Å²) in [6.07, 6.45) is 0. The zero-order chi connectivity index (χ0) is 33.6. The van der Waals surface area contributed by atoms with E-state index in [0.29, 0.717) is 0 Å². The number of non-ortho nitro benzene ring substituents is 1. The molecule has 236 valence electrons. The van der Waals surface area contributed by atoms with Crippen LogP contribution in [0.3, 0.4) is 0 Å². The van der Waals surface area contributed by atoms with E-state index in [2.05, 4.69) is 150 Å². The Morgan fingerprint density at radius 2 is 0.880 bits per heavy atom. The molecule has 0 radical (unpaired) electrons. The van der Waals surface area contributed by atoms with Crippen molar-refractivity contribution in [2.75, 3.05) is 4.90 Å². The van der Waals surface area contributed by atoms with Gasteiger partial charge in [0, 0.05) is 29.2 Å². The van der Waals surface area contributed by atoms with Gasteiger partial charge in [-0.2, -0.15) is 0 Å². The molecular formula is C46H30N2O2. The van der Waals surface area contributed by atoms with Gasteiger partial charge in [-0.1, -0.05) is 133 Å². The fourth-order valence-electron chi connectivity index (χ4n) is 7.44. The highest BCUT2D eigenvalue weighted by Crippen LogP contribution is 2.46. The summed E-state index contributed by atoms with van der Waals surface area (Å²) in [4.78, 5) is 13.3. The molecule has 0 fully saturated rings. The number of anilines is 3. The van der Waals surface area contributed by atoms with Crippen LogP contribution >= 0.6 is 0 Å². The van der Waals surface area contributed by atoms with Crippen molar-refractivity contribution in [1.82, 2.24) is 0 Å². The zero-order valence-electron chi connectivity index (χ0n) is 27.0. The number of rotatable bonds is 6. The summed E-state index contributed by atoms with van der Waals surface area (Å²) in [5.41, 5.74) is 7.62. The SMILES string of the molecule is O=[N+]([O-])c1ccc(N(c2ccc(-c3c4ccccc4c(-c4cccc5ccccc45)c4ccccc34)cc2)c2ccc3ccccc3c2)cc1. The molecule has 0 saturated heterocycles. The molecular weight excluding hydrogens is 613 g/mol. The van der Waals surface area contributed by atoms with Crippen molar-refractivity contribution < 1.29 is 4.92 Å². The first-order valence-corrected chi connectivity index (χ1v) is 16.7. The molecule has 4 heteroatoms. The lowest BCUT2D eigenvalue weighted by Gasteiger charge is -2.26. The zero-order valence-corrected chi connectivity index (χ0v) is 27.0. The fraction of sp³-hybridized carbons (Fsp3) is 0. The van der Waals surface area contributed by atoms with Crippen LogP contribution in [-0.4, -0.2) is 4.92 Å². The van der Waals surface area contributed by atoms with Crippen molar-refractivity contribution in [3.8, 4) is 22.3 Å². The van der Waals surface area contributed by atoms with Gasteiger partial charge in [-0.3, -0.25) is 10.1 Å². The Labute approximate surface area is 289 Å². The minimum Gasteiger partial charge on any atom is -0.310 e. The van der Waals surface area contributed by atoms with Crippen molar-refractivity contribution >= 4 is 65.8 Å². The Hall–Kier alpha value is -6.78. The third kappa shape index (κ3) is 4.94. The van der Waals surface area contributed by atoms with Crippen LogP contribution in [0, 0.1) is 10.1 Å². The summed E-state index contributed by atoms with van der Waals surface area (Å²) in [5.74, 6) is 0. The van der Waals surface area contributed by atoms with Gasteiger partial charge in [0.1, 0.15) is 0 Å². The first kappa shape index (κ1) is 29.4. The number of fused-ring (bicyclic) bond motifs is 4. The minimum absolute atomic E-state index is 0.0632. The quantitative estimate of drug-likeness (QED) is 0.103. The van der Waals surface area contributed by atoms with E-state index in [1.165, 1.54) is 49.0 Å². The molecule has 0 atom stereocenters. The molecule has 0 amide bonds. The van der Waals surface area contributed by atoms with Gasteiger partial charge < -0.3 is 4.90 Å². The van der Waals surface area contributed by atoms with Crippen LogP contribution in [0.5, 0.6) is 0 Å². The Morgan fingerprint density at radius 1 is 0.400 bits per heavy atom. The van der Waals surface area contributed by atoms with E-state index >= 15 is 0 Å². The minimum atomic E-state index is -0.362. The van der Waals surface area contributed by atoms with E-state index < -0.39 is 0 Å². The highest BCUT2D eigenvalue weighted by atomic mass is 16.6. The molecule has 9 aromatic rings. The summed E-state index contributed by atoms with van der Waals surface area (Å²) < 4.78 is 0. The van der Waals surface area contributed by atoms with Crippen LogP contribution in [0.1, 0.15) is 0 Å². The number of benzene rings is 9. The third-order valence-electron chi connectivity index (χ3n) is 9.71. The maximum absolute atomic E-state index is 11.5. The Bertz CT molecular complexity index is 2670. The summed E-state index contributed by atoms with van der Waals surface area (Å²) >= 11 is 0. The third-order valence-corrected chi connectivity index (χ3v) is 9.71. The molecule has 0 unspecified atom stereocenters. The van der Waals surface area contributed by atoms with Gasteiger partial charge in [-0.25, -0.2) is 0 Å². The van der Waals surface area contributed by atoms with Gasteiger partial charge >= 0.3 is 0 Å². The first-order chi connectivity index (χ1) is 24.6. The van der Waals surface area contributed by atoms with Gasteiger partial charge in [0.2, 0.25) is 0 Å². The predicted octanol–water partition coefficient (Wildman–Crippen LogP) is 13.0. The molecule has 0 heterocycles. The monoisotopic (exact) mass is 642 g/mol. The van der Waals surface area contributed by atoms with E-state index in [-0.39, 0.29) is 10.6 Å². The van der Waals surface area contributed by atoms with Crippen LogP contribution in [0.4, 0.5) is 22.7 Å². The molecule has 0 aliphatic carbocycles. The molecule has 4 nitrogen and oxygen atoms in total. The largest absolute Gasteiger partial charge is 0.310 e. The molecule has 0 aromatic heterocycles. The number of nitro groups is 1. The van der Waals surface area contributed by atoms with Gasteiger partial charge in [0.05, 0.1) is 4.92 Å². The standard InChI is InChI=1S/C46H30N2O2/c49-48(50)37-28-26-36(27-29-37)47(38-25-20-31-10-1-2-12-34(31)30-38)35-23-21-33(22-24-35)45-41-15-5-7-17-43(41)46(44-18-8-6-16-42(44)45)40-19-9-13-32-11-3-4-14-39(32)40/h1-30H. The molecule has 50 heavy (non-hydrogen) atoms. The maximum atomic E-state index is 11.5. The van der Waals surface area contributed by atoms with Gasteiger partial charge in [0.25, 0.3) is 5.69 Å². The van der Waals surface area contributed by atoms with Crippen LogP contribution in [-0.2, 0) is 0 Å². The van der Waals surface area contributed by atoms with E-state index in [1.54, 1.807) is 12.1 Å². The van der Waals surface area contributed by atoms with E-state index in [0.717, 1.165) is 33.4 Å². The van der Waals surface area contributed by atoms with E-state index in [1.807, 2.05) is 24.3 Å². The van der Waals surface area contributed by atoms with Crippen molar-refractivity contribution in [2.24, 2.45) is 0 Å². The Kier molecular flexibility index (Phi) is 7.07. The summed E-state index contributed by atoms with van der Waals surface area (Å²) in [6, 6.07) is 62.7. The summed E-state index contributed by atoms with van der Waals surface area (Å²) in [6.45, 7) is 0. The lowest BCUT2D eigenvalue weighted by Crippen LogP contribution is -2.10. The van der Waals surface area contributed by atoms with Gasteiger partial charge in [-0.15, -0.1) is 0 Å². The molecule has 0 saturated carbocycles. The highest BCUT2D eigenvalue weighted by molar-refractivity contribution is 6.23. The second kappa shape index (κ2) is 12.0. The van der Waals surface area contributed by atoms with Crippen LogP contribution in [0.15, 0.2) is 182 Å². The second-order valence-corrected chi connectivity index (χ2v) is 12.6. The molecule has 0 aliphatic rings. The summed E-state index contributed by atoms with van der Waals surface area (Å²) in [5, 5.41) is 21.0. The smallest absolute Gasteiger partial charge is 0.269 e. The highest BCUT2D eigenvalue weighted by Gasteiger charge is 2.19. The Morgan fingerprint density at radius 3 is 1.50 bits per heavy atom. The van der Waals surface area contributed by atoms with Crippen LogP contribution < -0.4 is 4.90 Å². The van der Waals surface area contributed by atoms with Crippen molar-refractivity contribution in [3.05, 3.63) is 192 Å². The molecule has 0 bridgehead atoms. The first-order valence-electron chi connectivity index (χ1n) is 16.7. The average molecular weight is 643 g/mol. The number of nitro benzene ring substituents is 1. The number of hydrogen-bond donors (Lipinski definition) is 0. The second-order valence-electron chi connectivity index (χ2n) is 12.6. The molecule has 0 spiro atoms.